The largest absolute Gasteiger partial charge is 2.00 e. The van der Waals surface area contributed by atoms with Crippen molar-refractivity contribution in [1.29, 1.82) is 0 Å². The van der Waals surface area contributed by atoms with Crippen molar-refractivity contribution in [2.24, 2.45) is 0 Å². The predicted molar refractivity (Wildman–Crippen MR) is 26.0 cm³/mol. The van der Waals surface area contributed by atoms with Crippen LogP contribution in [-0.4, -0.2) is 34.0 Å². The summed E-state index contributed by atoms with van der Waals surface area (Å²) in [6, 6.07) is 0. The van der Waals surface area contributed by atoms with Crippen LogP contribution in [0, 0.1) is 0 Å². The van der Waals surface area contributed by atoms with Crippen LogP contribution in [0.5, 0.6) is 0 Å². The molecule has 0 aliphatic heterocycles. The summed E-state index contributed by atoms with van der Waals surface area (Å²) in [7, 11) is 0. The van der Waals surface area contributed by atoms with Crippen molar-refractivity contribution in [2.45, 2.75) is 7.43 Å². The van der Waals surface area contributed by atoms with Gasteiger partial charge in [-0.15, -0.1) is 0 Å². The Labute approximate surface area is 83.1 Å². The van der Waals surface area contributed by atoms with Gasteiger partial charge in [-0.1, -0.05) is 7.43 Å². The SMILES string of the molecule is C.[H-].[H-].[Mg+2].[Mo].[SiH4].[V]. The summed E-state index contributed by atoms with van der Waals surface area (Å²) >= 11 is 0. The molecule has 0 aliphatic rings. The Hall–Kier alpha value is 2.26. The van der Waals surface area contributed by atoms with Crippen LogP contribution in [0.25, 0.3) is 0 Å². The van der Waals surface area contributed by atoms with Gasteiger partial charge in [-0.2, -0.15) is 0 Å². The third-order valence-corrected chi connectivity index (χ3v) is 0. The van der Waals surface area contributed by atoms with Gasteiger partial charge in [0.2, 0.25) is 0 Å². The van der Waals surface area contributed by atoms with Crippen LogP contribution in [0.3, 0.4) is 0 Å². The fourth-order valence-corrected chi connectivity index (χ4v) is 0. The molecule has 1 radical (unpaired) electrons. The molecule has 0 nitrogen and oxygen atoms in total. The van der Waals surface area contributed by atoms with Crippen LogP contribution in [0.4, 0.5) is 0 Å². The quantitative estimate of drug-likeness (QED) is 0.462. The fraction of sp³-hybridized carbons (Fsp3) is 1.00. The fourth-order valence-electron chi connectivity index (χ4n) is 0. The number of hydrogen-bond donors (Lipinski definition) is 0. The van der Waals surface area contributed by atoms with Gasteiger partial charge in [0.25, 0.3) is 0 Å². The van der Waals surface area contributed by atoms with Crippen LogP contribution in [0.1, 0.15) is 10.3 Å². The number of hydrogen-bond acceptors (Lipinski definition) is 0. The molecular weight excluding hydrogens is 211 g/mol. The van der Waals surface area contributed by atoms with E-state index < -0.39 is 0 Å². The van der Waals surface area contributed by atoms with Crippen molar-refractivity contribution in [1.82, 2.24) is 0 Å². The van der Waals surface area contributed by atoms with Gasteiger partial charge in [0.05, 0.1) is 0 Å². The van der Waals surface area contributed by atoms with Gasteiger partial charge < -0.3 is 2.85 Å². The van der Waals surface area contributed by atoms with Crippen LogP contribution in [-0.2, 0) is 39.6 Å². The minimum atomic E-state index is 0. The topological polar surface area (TPSA) is 0 Å². The van der Waals surface area contributed by atoms with E-state index in [1.165, 1.54) is 0 Å². The van der Waals surface area contributed by atoms with E-state index in [-0.39, 0.29) is 83.9 Å². The maximum Gasteiger partial charge on any atom is 2.00 e. The first-order valence-electron chi connectivity index (χ1n) is 0. The second kappa shape index (κ2) is 34.0. The van der Waals surface area contributed by atoms with E-state index in [4.69, 9.17) is 0 Å². The van der Waals surface area contributed by atoms with Crippen molar-refractivity contribution in [2.75, 3.05) is 0 Å². The average molecular weight is 221 g/mol. The molecule has 0 unspecified atom stereocenters. The van der Waals surface area contributed by atoms with E-state index in [0.717, 1.165) is 0 Å². The van der Waals surface area contributed by atoms with Gasteiger partial charge in [0.1, 0.15) is 0 Å². The summed E-state index contributed by atoms with van der Waals surface area (Å²) in [5.41, 5.74) is 0. The summed E-state index contributed by atoms with van der Waals surface area (Å²) in [4.78, 5) is 0. The smallest absolute Gasteiger partial charge is 1.00 e. The Morgan fingerprint density at radius 1 is 1.20 bits per heavy atom. The molecule has 0 aromatic rings. The second-order valence-electron chi connectivity index (χ2n) is 0. The van der Waals surface area contributed by atoms with Crippen molar-refractivity contribution < 1.29 is 42.5 Å². The van der Waals surface area contributed by atoms with Gasteiger partial charge >= 0.3 is 23.1 Å². The zero-order valence-corrected chi connectivity index (χ0v) is 6.38. The Morgan fingerprint density at radius 3 is 1.20 bits per heavy atom. The van der Waals surface area contributed by atoms with Crippen LogP contribution >= 0.6 is 0 Å². The van der Waals surface area contributed by atoms with Crippen LogP contribution < -0.4 is 0 Å². The molecule has 0 atom stereocenters. The van der Waals surface area contributed by atoms with Gasteiger partial charge in [0.15, 0.2) is 0 Å². The standard InChI is InChI=1S/CH4.Mg.Mo.H4Si.V.2H/h1H4;;;1H4;;;/q;+2;;;;2*-1. The van der Waals surface area contributed by atoms with Crippen LogP contribution in [0.15, 0.2) is 0 Å². The van der Waals surface area contributed by atoms with Crippen molar-refractivity contribution in [3.8, 4) is 0 Å². The molecule has 0 spiro atoms. The van der Waals surface area contributed by atoms with Gasteiger partial charge in [-0.3, -0.25) is 0 Å². The zero-order valence-electron chi connectivity index (χ0n) is 3.56. The molecule has 0 N–H and O–H groups in total. The minimum absolute atomic E-state index is 0. The first-order valence-corrected chi connectivity index (χ1v) is 0. The molecule has 4 heteroatoms. The third kappa shape index (κ3) is 22.3. The molecule has 0 saturated heterocycles. The predicted octanol–water partition coefficient (Wildman–Crippen LogP) is -0.976. The van der Waals surface area contributed by atoms with Crippen molar-refractivity contribution >= 4 is 34.0 Å². The monoisotopic (exact) mass is 223 g/mol. The minimum Gasteiger partial charge on any atom is -1.00 e. The van der Waals surface area contributed by atoms with Crippen molar-refractivity contribution in [3.05, 3.63) is 0 Å². The average Bonchev–Trinajstić information content (AvgIpc) is 0. The third-order valence-electron chi connectivity index (χ3n) is 0. The van der Waals surface area contributed by atoms with Crippen molar-refractivity contribution in [3.63, 3.8) is 0 Å². The van der Waals surface area contributed by atoms with E-state index in [2.05, 4.69) is 0 Å². The zero-order chi connectivity index (χ0) is 0. The molecule has 0 saturated carbocycles. The first-order chi connectivity index (χ1) is 0. The maximum atomic E-state index is 0. The molecule has 31 valence electrons. The molecule has 0 aromatic carbocycles. The summed E-state index contributed by atoms with van der Waals surface area (Å²) in [5, 5.41) is 0. The van der Waals surface area contributed by atoms with Gasteiger partial charge in [-0.25, -0.2) is 0 Å². The molecule has 0 bridgehead atoms. The molecule has 0 rings (SSSR count). The molecule has 0 aliphatic carbocycles. The molecule has 0 fully saturated rings. The van der Waals surface area contributed by atoms with E-state index in [1.807, 2.05) is 0 Å². The van der Waals surface area contributed by atoms with E-state index in [0.29, 0.717) is 0 Å². The van der Waals surface area contributed by atoms with Gasteiger partial charge in [-0.05, 0) is 11.0 Å². The van der Waals surface area contributed by atoms with Crippen LogP contribution in [0.2, 0.25) is 0 Å². The summed E-state index contributed by atoms with van der Waals surface area (Å²) in [6.07, 6.45) is 0. The van der Waals surface area contributed by atoms with E-state index in [9.17, 15) is 0 Å². The molecular formula is CH10MgMoSiV. The Morgan fingerprint density at radius 2 is 1.20 bits per heavy atom. The van der Waals surface area contributed by atoms with E-state index >= 15 is 0 Å². The maximum absolute atomic E-state index is 0. The molecule has 0 amide bonds. The van der Waals surface area contributed by atoms with E-state index in [1.54, 1.807) is 0 Å². The second-order valence-corrected chi connectivity index (χ2v) is 0. The Kier molecular flexibility index (Phi) is 379. The first kappa shape index (κ1) is 55.8. The molecule has 0 heterocycles. The van der Waals surface area contributed by atoms with Gasteiger partial charge in [0, 0.05) is 39.6 Å². The molecule has 5 heavy (non-hydrogen) atoms. The Bertz CT molecular complexity index is 17.7. The normalized spacial score (nSPS) is 0. The number of rotatable bonds is 0. The summed E-state index contributed by atoms with van der Waals surface area (Å²) in [6.45, 7) is 0. The Balaban J connectivity index is 0. The summed E-state index contributed by atoms with van der Waals surface area (Å²) < 4.78 is 0. The molecule has 0 aromatic heterocycles. The summed E-state index contributed by atoms with van der Waals surface area (Å²) in [5.74, 6) is 0.